The highest BCUT2D eigenvalue weighted by Crippen LogP contribution is 2.40. The van der Waals surface area contributed by atoms with Crippen LogP contribution < -0.4 is 15.5 Å². The first kappa shape index (κ1) is 20.7. The van der Waals surface area contributed by atoms with E-state index in [1.807, 2.05) is 0 Å². The summed E-state index contributed by atoms with van der Waals surface area (Å²) in [4.78, 5) is 27.7. The fourth-order valence-electron chi connectivity index (χ4n) is 4.51. The summed E-state index contributed by atoms with van der Waals surface area (Å²) in [6.07, 6.45) is 2.99. The second-order valence-electron chi connectivity index (χ2n) is 8.31. The first-order valence-electron chi connectivity index (χ1n) is 10.3. The Hall–Kier alpha value is -2.57. The molecule has 30 heavy (non-hydrogen) atoms. The number of nitrogens with zero attached hydrogens (tertiary/aromatic N) is 1. The molecule has 1 fully saturated rings. The molecule has 2 aliphatic rings. The number of carbonyl (C=O) groups is 2. The van der Waals surface area contributed by atoms with Crippen LogP contribution in [0.25, 0.3) is 0 Å². The van der Waals surface area contributed by atoms with Crippen molar-refractivity contribution < 1.29 is 14.7 Å². The van der Waals surface area contributed by atoms with Gasteiger partial charge in [-0.3, -0.25) is 9.69 Å². The molecule has 0 radical (unpaired) electrons. The molecule has 4 rings (SSSR count). The molecule has 2 aromatic rings. The van der Waals surface area contributed by atoms with E-state index in [4.69, 9.17) is 11.6 Å². The van der Waals surface area contributed by atoms with Crippen molar-refractivity contribution >= 4 is 34.9 Å². The maximum Gasteiger partial charge on any atom is 0.329 e. The van der Waals surface area contributed by atoms with E-state index >= 15 is 0 Å². The predicted octanol–water partition coefficient (Wildman–Crippen LogP) is 4.48. The number of nitrogens with one attached hydrogen (secondary N) is 2. The van der Waals surface area contributed by atoms with Gasteiger partial charge >= 0.3 is 6.03 Å². The van der Waals surface area contributed by atoms with Gasteiger partial charge in [0.1, 0.15) is 0 Å². The largest absolute Gasteiger partial charge is 0.359 e. The number of rotatable bonds is 3. The van der Waals surface area contributed by atoms with E-state index < -0.39 is 17.7 Å². The molecule has 6 nitrogen and oxygen atoms in total. The minimum atomic E-state index is -2.19. The Morgan fingerprint density at radius 2 is 1.87 bits per heavy atom. The maximum absolute atomic E-state index is 13.6. The molecule has 0 unspecified atom stereocenters. The Labute approximate surface area is 181 Å². The van der Waals surface area contributed by atoms with E-state index in [1.54, 1.807) is 48.5 Å². The van der Waals surface area contributed by atoms with Crippen LogP contribution in [0.15, 0.2) is 48.5 Å². The Balaban J connectivity index is 1.77. The van der Waals surface area contributed by atoms with Gasteiger partial charge in [0.15, 0.2) is 0 Å². The summed E-state index contributed by atoms with van der Waals surface area (Å²) in [5, 5.41) is 18.2. The van der Waals surface area contributed by atoms with Gasteiger partial charge in [0, 0.05) is 22.3 Å². The monoisotopic (exact) mass is 427 g/mol. The number of benzene rings is 2. The first-order valence-corrected chi connectivity index (χ1v) is 10.7. The zero-order chi connectivity index (χ0) is 21.5. The van der Waals surface area contributed by atoms with E-state index in [2.05, 4.69) is 24.5 Å². The van der Waals surface area contributed by atoms with Gasteiger partial charge in [-0.15, -0.1) is 0 Å². The van der Waals surface area contributed by atoms with Crippen molar-refractivity contribution in [1.82, 2.24) is 5.32 Å². The fourth-order valence-corrected chi connectivity index (χ4v) is 4.63. The highest BCUT2D eigenvalue weighted by atomic mass is 35.5. The minimum Gasteiger partial charge on any atom is -0.359 e. The third-order valence-corrected chi connectivity index (χ3v) is 6.75. The molecule has 3 amide bonds. The molecule has 0 spiro atoms. The van der Waals surface area contributed by atoms with Gasteiger partial charge in [0.2, 0.25) is 0 Å². The van der Waals surface area contributed by atoms with Crippen LogP contribution in [0.5, 0.6) is 0 Å². The van der Waals surface area contributed by atoms with Crippen molar-refractivity contribution in [2.75, 3.05) is 10.2 Å². The summed E-state index contributed by atoms with van der Waals surface area (Å²) in [6.45, 7) is 4.30. The molecule has 1 aliphatic heterocycles. The molecule has 0 saturated heterocycles. The highest BCUT2D eigenvalue weighted by molar-refractivity contribution is 6.30. The quantitative estimate of drug-likeness (QED) is 0.675. The van der Waals surface area contributed by atoms with Crippen LogP contribution in [0.2, 0.25) is 5.02 Å². The number of amides is 3. The minimum absolute atomic E-state index is 0.0607. The zero-order valence-corrected chi connectivity index (χ0v) is 17.8. The summed E-state index contributed by atoms with van der Waals surface area (Å²) >= 11 is 6.00. The number of urea groups is 1. The Bertz CT molecular complexity index is 964. The molecule has 1 heterocycles. The van der Waals surface area contributed by atoms with Crippen LogP contribution in [0, 0.1) is 11.8 Å². The normalized spacial score (nSPS) is 28.5. The number of hydrogen-bond acceptors (Lipinski definition) is 3. The zero-order valence-electron chi connectivity index (χ0n) is 17.1. The van der Waals surface area contributed by atoms with E-state index in [0.29, 0.717) is 27.9 Å². The molecule has 3 N–H and O–H groups in total. The number of carbonyl (C=O) groups excluding carboxylic acids is 2. The number of anilines is 2. The van der Waals surface area contributed by atoms with Gasteiger partial charge in [0.05, 0.1) is 5.69 Å². The molecule has 4 atom stereocenters. The molecular weight excluding hydrogens is 402 g/mol. The molecular formula is C23H26ClN3O3. The molecule has 1 saturated carbocycles. The van der Waals surface area contributed by atoms with Gasteiger partial charge in [-0.25, -0.2) is 4.79 Å². The van der Waals surface area contributed by atoms with Gasteiger partial charge < -0.3 is 15.7 Å². The van der Waals surface area contributed by atoms with E-state index in [9.17, 15) is 14.7 Å². The van der Waals surface area contributed by atoms with Crippen LogP contribution in [-0.4, -0.2) is 23.1 Å². The lowest BCUT2D eigenvalue weighted by Gasteiger charge is -2.44. The van der Waals surface area contributed by atoms with Crippen molar-refractivity contribution in [1.29, 1.82) is 0 Å². The van der Waals surface area contributed by atoms with Crippen LogP contribution >= 0.6 is 11.6 Å². The number of fused-ring (bicyclic) bond motifs is 1. The number of aliphatic hydroxyl groups is 1. The summed E-state index contributed by atoms with van der Waals surface area (Å²) in [5.41, 5.74) is -1.08. The van der Waals surface area contributed by atoms with Crippen molar-refractivity contribution in [3.63, 3.8) is 0 Å². The van der Waals surface area contributed by atoms with Gasteiger partial charge in [0.25, 0.3) is 11.6 Å². The van der Waals surface area contributed by atoms with Gasteiger partial charge in [-0.1, -0.05) is 56.5 Å². The molecule has 2 aromatic carbocycles. The third-order valence-electron chi connectivity index (χ3n) is 6.50. The van der Waals surface area contributed by atoms with Crippen molar-refractivity contribution in [2.45, 2.75) is 44.9 Å². The van der Waals surface area contributed by atoms with Crippen LogP contribution in [-0.2, 0) is 10.5 Å². The number of hydrogen-bond donors (Lipinski definition) is 3. The molecule has 1 aliphatic carbocycles. The predicted molar refractivity (Wildman–Crippen MR) is 117 cm³/mol. The van der Waals surface area contributed by atoms with Crippen molar-refractivity contribution in [3.8, 4) is 0 Å². The van der Waals surface area contributed by atoms with Crippen molar-refractivity contribution in [2.24, 2.45) is 11.8 Å². The number of halogens is 1. The third kappa shape index (κ3) is 3.44. The van der Waals surface area contributed by atoms with Gasteiger partial charge in [-0.2, -0.15) is 0 Å². The summed E-state index contributed by atoms with van der Waals surface area (Å²) in [6, 6.07) is 12.6. The highest BCUT2D eigenvalue weighted by Gasteiger charge is 2.52. The molecule has 0 bridgehead atoms. The average Bonchev–Trinajstić information content (AvgIpc) is 2.72. The Kier molecular flexibility index (Phi) is 5.47. The Morgan fingerprint density at radius 1 is 1.17 bits per heavy atom. The van der Waals surface area contributed by atoms with Crippen molar-refractivity contribution in [3.05, 3.63) is 59.1 Å². The number of para-hydroxylation sites is 1. The molecule has 7 heteroatoms. The van der Waals surface area contributed by atoms with Crippen LogP contribution in [0.1, 0.15) is 38.7 Å². The first-order chi connectivity index (χ1) is 14.3. The summed E-state index contributed by atoms with van der Waals surface area (Å²) in [5.74, 6) is 0.154. The summed E-state index contributed by atoms with van der Waals surface area (Å²) < 4.78 is 0. The van der Waals surface area contributed by atoms with E-state index in [-0.39, 0.29) is 12.0 Å². The second kappa shape index (κ2) is 7.93. The molecule has 0 aromatic heterocycles. The van der Waals surface area contributed by atoms with Crippen LogP contribution in [0.4, 0.5) is 16.2 Å². The lowest BCUT2D eigenvalue weighted by Crippen LogP contribution is -2.64. The lowest BCUT2D eigenvalue weighted by atomic mass is 9.78. The average molecular weight is 428 g/mol. The fraction of sp³-hybridized carbons (Fsp3) is 0.391. The SMILES string of the molecule is C[C@@H]1[C@H](C)CCC[C@@H]1NC(=O)[C@]1(O)c2ccccc2NC(=O)N1c1ccc(Cl)cc1. The van der Waals surface area contributed by atoms with Crippen LogP contribution in [0.3, 0.4) is 0 Å². The second-order valence-corrected chi connectivity index (χ2v) is 8.74. The van der Waals surface area contributed by atoms with E-state index in [0.717, 1.165) is 24.2 Å². The Morgan fingerprint density at radius 3 is 2.60 bits per heavy atom. The van der Waals surface area contributed by atoms with Gasteiger partial charge in [-0.05, 0) is 48.6 Å². The smallest absolute Gasteiger partial charge is 0.329 e. The molecule has 158 valence electrons. The maximum atomic E-state index is 13.6. The topological polar surface area (TPSA) is 81.7 Å². The van der Waals surface area contributed by atoms with E-state index in [1.165, 1.54) is 0 Å². The lowest BCUT2D eigenvalue weighted by molar-refractivity contribution is -0.141. The summed E-state index contributed by atoms with van der Waals surface area (Å²) in [7, 11) is 0. The standard InChI is InChI=1S/C23H26ClN3O3/c1-14-6-5-9-19(15(14)2)25-21(28)23(30)18-7-3-4-8-20(18)26-22(29)27(23)17-12-10-16(24)11-13-17/h3-4,7-8,10-15,19,30H,5-6,9H2,1-2H3,(H,25,28)(H,26,29)/t14-,15-,19+,23-/m1/s1.